The number of hydrogen-bond acceptors (Lipinski definition) is 4. The fourth-order valence-electron chi connectivity index (χ4n) is 2.79. The van der Waals surface area contributed by atoms with Crippen LogP contribution in [0.3, 0.4) is 0 Å². The number of nitrogens with zero attached hydrogens (tertiary/aromatic N) is 1. The van der Waals surface area contributed by atoms with Crippen LogP contribution < -0.4 is 10.1 Å². The molecule has 0 saturated carbocycles. The summed E-state index contributed by atoms with van der Waals surface area (Å²) in [6, 6.07) is 13.9. The molecule has 6 nitrogen and oxygen atoms in total. The maximum Gasteiger partial charge on any atom is 0.293 e. The van der Waals surface area contributed by atoms with Crippen molar-refractivity contribution in [2.75, 3.05) is 11.9 Å². The highest BCUT2D eigenvalue weighted by molar-refractivity contribution is 6.35. The molecule has 0 bridgehead atoms. The van der Waals surface area contributed by atoms with Gasteiger partial charge in [0, 0.05) is 21.9 Å². The zero-order chi connectivity index (χ0) is 19.6. The van der Waals surface area contributed by atoms with E-state index in [-0.39, 0.29) is 18.0 Å². The molecule has 0 spiro atoms. The number of hydrogen-bond donors (Lipinski definition) is 1. The molecule has 3 aromatic carbocycles. The second kappa shape index (κ2) is 7.63. The Kier molecular flexibility index (Phi) is 5.28. The predicted octanol–water partition coefficient (Wildman–Crippen LogP) is 5.04. The minimum absolute atomic E-state index is 0.150. The molecule has 0 saturated heterocycles. The number of rotatable bonds is 5. The van der Waals surface area contributed by atoms with Gasteiger partial charge in [-0.15, -0.1) is 0 Å². The first kappa shape index (κ1) is 18.7. The lowest BCUT2D eigenvalue weighted by molar-refractivity contribution is -0.384. The predicted molar refractivity (Wildman–Crippen MR) is 106 cm³/mol. The van der Waals surface area contributed by atoms with Crippen LogP contribution in [0.25, 0.3) is 10.8 Å². The van der Waals surface area contributed by atoms with Gasteiger partial charge >= 0.3 is 0 Å². The molecule has 27 heavy (non-hydrogen) atoms. The quantitative estimate of drug-likeness (QED) is 0.493. The number of anilines is 1. The van der Waals surface area contributed by atoms with E-state index in [1.807, 2.05) is 31.2 Å². The minimum atomic E-state index is -0.518. The number of benzene rings is 3. The van der Waals surface area contributed by atoms with Crippen LogP contribution in [-0.4, -0.2) is 17.4 Å². The van der Waals surface area contributed by atoms with Crippen molar-refractivity contribution in [2.24, 2.45) is 0 Å². The third kappa shape index (κ3) is 3.85. The van der Waals surface area contributed by atoms with Gasteiger partial charge in [0.15, 0.2) is 6.61 Å². The van der Waals surface area contributed by atoms with Crippen molar-refractivity contribution >= 4 is 39.7 Å². The van der Waals surface area contributed by atoms with E-state index in [2.05, 4.69) is 5.32 Å². The molecule has 1 amide bonds. The number of amides is 1. The topological polar surface area (TPSA) is 81.5 Å². The molecule has 0 aliphatic carbocycles. The minimum Gasteiger partial charge on any atom is -0.483 e. The molecule has 0 radical (unpaired) electrons. The van der Waals surface area contributed by atoms with Crippen LogP contribution in [-0.2, 0) is 4.79 Å². The number of fused-ring (bicyclic) bond motifs is 1. The Hall–Kier alpha value is -3.12. The zero-order valence-corrected chi connectivity index (χ0v) is 15.5. The van der Waals surface area contributed by atoms with Crippen LogP contribution in [0.5, 0.6) is 5.75 Å². The third-order valence-corrected chi connectivity index (χ3v) is 4.69. The van der Waals surface area contributed by atoms with Crippen molar-refractivity contribution < 1.29 is 14.5 Å². The first-order valence-corrected chi connectivity index (χ1v) is 8.60. The summed E-state index contributed by atoms with van der Waals surface area (Å²) >= 11 is 6.18. The van der Waals surface area contributed by atoms with Crippen LogP contribution in [0.1, 0.15) is 11.1 Å². The standard InChI is InChI=1S/C20H17ClN2O4/c1-12-7-9-17(23(25)26)20(13(12)2)22-19(24)11-27-18-10-8-16(21)14-5-3-4-6-15(14)18/h3-10H,11H2,1-2H3,(H,22,24). The fourth-order valence-corrected chi connectivity index (χ4v) is 3.02. The molecule has 0 unspecified atom stereocenters. The van der Waals surface area contributed by atoms with Gasteiger partial charge in [0.05, 0.1) is 4.92 Å². The Labute approximate surface area is 160 Å². The summed E-state index contributed by atoms with van der Waals surface area (Å²) in [7, 11) is 0. The summed E-state index contributed by atoms with van der Waals surface area (Å²) in [6.45, 7) is 3.27. The van der Waals surface area contributed by atoms with Gasteiger partial charge in [-0.2, -0.15) is 0 Å². The lowest BCUT2D eigenvalue weighted by Crippen LogP contribution is -2.21. The van der Waals surface area contributed by atoms with E-state index in [9.17, 15) is 14.9 Å². The molecule has 0 heterocycles. The molecule has 0 aromatic heterocycles. The van der Waals surface area contributed by atoms with Crippen molar-refractivity contribution in [3.05, 3.63) is 74.8 Å². The smallest absolute Gasteiger partial charge is 0.293 e. The highest BCUT2D eigenvalue weighted by atomic mass is 35.5. The Morgan fingerprint density at radius 1 is 1.11 bits per heavy atom. The van der Waals surface area contributed by atoms with Crippen LogP contribution in [0.4, 0.5) is 11.4 Å². The molecular formula is C20H17ClN2O4. The molecule has 7 heteroatoms. The number of nitrogens with one attached hydrogen (secondary N) is 1. The van der Waals surface area contributed by atoms with Gasteiger partial charge in [-0.3, -0.25) is 14.9 Å². The van der Waals surface area contributed by atoms with E-state index in [4.69, 9.17) is 16.3 Å². The monoisotopic (exact) mass is 384 g/mol. The maximum atomic E-state index is 12.3. The number of carbonyl (C=O) groups is 1. The van der Waals surface area contributed by atoms with Crippen molar-refractivity contribution in [2.45, 2.75) is 13.8 Å². The molecule has 0 aliphatic heterocycles. The molecule has 0 aliphatic rings. The van der Waals surface area contributed by atoms with Gasteiger partial charge in [-0.05, 0) is 37.1 Å². The Morgan fingerprint density at radius 3 is 2.52 bits per heavy atom. The average molecular weight is 385 g/mol. The number of aryl methyl sites for hydroxylation is 1. The van der Waals surface area contributed by atoms with Gasteiger partial charge in [0.1, 0.15) is 11.4 Å². The number of nitro benzene ring substituents is 1. The largest absolute Gasteiger partial charge is 0.483 e. The lowest BCUT2D eigenvalue weighted by atomic mass is 10.1. The van der Waals surface area contributed by atoms with Crippen LogP contribution in [0.2, 0.25) is 5.02 Å². The first-order chi connectivity index (χ1) is 12.9. The van der Waals surface area contributed by atoms with Crippen LogP contribution in [0.15, 0.2) is 48.5 Å². The van der Waals surface area contributed by atoms with Gasteiger partial charge in [0.25, 0.3) is 11.6 Å². The SMILES string of the molecule is Cc1ccc([N+](=O)[O-])c(NC(=O)COc2ccc(Cl)c3ccccc23)c1C. The van der Waals surface area contributed by atoms with E-state index in [0.29, 0.717) is 16.3 Å². The molecule has 3 aromatic rings. The number of halogens is 1. The molecule has 0 fully saturated rings. The van der Waals surface area contributed by atoms with E-state index >= 15 is 0 Å². The van der Waals surface area contributed by atoms with Gasteiger partial charge < -0.3 is 10.1 Å². The summed E-state index contributed by atoms with van der Waals surface area (Å²) < 4.78 is 5.64. The van der Waals surface area contributed by atoms with Crippen LogP contribution >= 0.6 is 11.6 Å². The summed E-state index contributed by atoms with van der Waals surface area (Å²) in [5.74, 6) is 0.0337. The van der Waals surface area contributed by atoms with E-state index in [1.54, 1.807) is 25.1 Å². The fraction of sp³-hybridized carbons (Fsp3) is 0.150. The van der Waals surface area contributed by atoms with E-state index in [0.717, 1.165) is 16.3 Å². The second-order valence-electron chi connectivity index (χ2n) is 6.09. The first-order valence-electron chi connectivity index (χ1n) is 8.23. The molecular weight excluding hydrogens is 368 g/mol. The zero-order valence-electron chi connectivity index (χ0n) is 14.8. The molecule has 138 valence electrons. The summed E-state index contributed by atoms with van der Waals surface area (Å²) in [5, 5.41) is 16.0. The molecule has 1 N–H and O–H groups in total. The number of ether oxygens (including phenoxy) is 1. The summed E-state index contributed by atoms with van der Waals surface area (Å²) in [5.41, 5.74) is 1.54. The highest BCUT2D eigenvalue weighted by Gasteiger charge is 2.19. The molecule has 3 rings (SSSR count). The Balaban J connectivity index is 1.80. The average Bonchev–Trinajstić information content (AvgIpc) is 2.65. The second-order valence-corrected chi connectivity index (χ2v) is 6.49. The number of carbonyl (C=O) groups excluding carboxylic acids is 1. The van der Waals surface area contributed by atoms with E-state index < -0.39 is 10.8 Å². The van der Waals surface area contributed by atoms with Crippen molar-refractivity contribution in [3.8, 4) is 5.75 Å². The third-order valence-electron chi connectivity index (χ3n) is 4.36. The lowest BCUT2D eigenvalue weighted by Gasteiger charge is -2.13. The van der Waals surface area contributed by atoms with Crippen molar-refractivity contribution in [1.29, 1.82) is 0 Å². The van der Waals surface area contributed by atoms with Crippen LogP contribution in [0, 0.1) is 24.0 Å². The van der Waals surface area contributed by atoms with Crippen molar-refractivity contribution in [3.63, 3.8) is 0 Å². The van der Waals surface area contributed by atoms with Gasteiger partial charge in [-0.25, -0.2) is 0 Å². The normalized spacial score (nSPS) is 10.6. The maximum absolute atomic E-state index is 12.3. The summed E-state index contributed by atoms with van der Waals surface area (Å²) in [4.78, 5) is 23.1. The van der Waals surface area contributed by atoms with Gasteiger partial charge in [0.2, 0.25) is 0 Å². The van der Waals surface area contributed by atoms with Crippen molar-refractivity contribution in [1.82, 2.24) is 0 Å². The summed E-state index contributed by atoms with van der Waals surface area (Å²) in [6.07, 6.45) is 0. The van der Waals surface area contributed by atoms with Gasteiger partial charge in [-0.1, -0.05) is 41.9 Å². The Bertz CT molecular complexity index is 1050. The van der Waals surface area contributed by atoms with E-state index in [1.165, 1.54) is 6.07 Å². The number of nitro groups is 1. The highest BCUT2D eigenvalue weighted by Crippen LogP contribution is 2.32. The Morgan fingerprint density at radius 2 is 1.81 bits per heavy atom. The molecule has 0 atom stereocenters.